The van der Waals surface area contributed by atoms with Crippen molar-refractivity contribution in [3.63, 3.8) is 0 Å². The SMILES string of the molecule is CCC1OC(O)(C(C)C(O)C(C)C2OC(=O)/C(C)=C\C(C)=C/C(C)C(O)C(C)C/C(C)=C\C=C/C2OC)CC(OC(=O)/C=C/C(=O)O)C1C. The lowest BCUT2D eigenvalue weighted by atomic mass is 9.77. The smallest absolute Gasteiger partial charge is 0.334 e. The van der Waals surface area contributed by atoms with Gasteiger partial charge < -0.3 is 39.4 Å². The first-order valence-corrected chi connectivity index (χ1v) is 17.2. The lowest BCUT2D eigenvalue weighted by Crippen LogP contribution is -2.58. The Kier molecular flexibility index (Phi) is 16.1. The summed E-state index contributed by atoms with van der Waals surface area (Å²) >= 11 is 0. The van der Waals surface area contributed by atoms with Crippen molar-refractivity contribution in [1.82, 2.24) is 0 Å². The van der Waals surface area contributed by atoms with Crippen LogP contribution in [-0.2, 0) is 33.3 Å². The third-order valence-electron chi connectivity index (χ3n) is 9.91. The maximum absolute atomic E-state index is 13.5. The fourth-order valence-electron chi connectivity index (χ4n) is 6.79. The van der Waals surface area contributed by atoms with Gasteiger partial charge in [0.1, 0.15) is 18.3 Å². The van der Waals surface area contributed by atoms with Crippen molar-refractivity contribution in [3.05, 3.63) is 59.3 Å². The van der Waals surface area contributed by atoms with Crippen LogP contribution < -0.4 is 0 Å². The zero-order chi connectivity index (χ0) is 37.2. The summed E-state index contributed by atoms with van der Waals surface area (Å²) in [5.74, 6) is -6.97. The average molecular weight is 691 g/mol. The van der Waals surface area contributed by atoms with Crippen LogP contribution in [0.3, 0.4) is 0 Å². The number of aliphatic hydroxyl groups is 3. The van der Waals surface area contributed by atoms with Crippen molar-refractivity contribution in [2.75, 3.05) is 7.11 Å². The van der Waals surface area contributed by atoms with E-state index in [0.717, 1.165) is 17.2 Å². The molecule has 0 saturated carbocycles. The summed E-state index contributed by atoms with van der Waals surface area (Å²) in [5.41, 5.74) is 2.15. The van der Waals surface area contributed by atoms with E-state index in [4.69, 9.17) is 24.1 Å². The molecular formula is C38H58O11. The zero-order valence-electron chi connectivity index (χ0n) is 30.7. The second-order valence-electron chi connectivity index (χ2n) is 14.0. The van der Waals surface area contributed by atoms with Crippen LogP contribution in [0.25, 0.3) is 0 Å². The van der Waals surface area contributed by atoms with Crippen LogP contribution in [0.15, 0.2) is 59.3 Å². The number of aliphatic hydroxyl groups excluding tert-OH is 2. The molecule has 0 aliphatic carbocycles. The molecule has 2 aliphatic rings. The van der Waals surface area contributed by atoms with Gasteiger partial charge in [-0.3, -0.25) is 0 Å². The highest BCUT2D eigenvalue weighted by molar-refractivity contribution is 5.90. The van der Waals surface area contributed by atoms with Crippen LogP contribution in [0.2, 0.25) is 0 Å². The normalized spacial score (nSPS) is 38.1. The number of rotatable bonds is 9. The quantitative estimate of drug-likeness (QED) is 0.189. The van der Waals surface area contributed by atoms with Crippen molar-refractivity contribution in [1.29, 1.82) is 0 Å². The molecule has 2 rings (SSSR count). The molecule has 0 amide bonds. The van der Waals surface area contributed by atoms with E-state index >= 15 is 0 Å². The summed E-state index contributed by atoms with van der Waals surface area (Å²) in [6, 6.07) is 0. The van der Waals surface area contributed by atoms with Crippen LogP contribution in [0.4, 0.5) is 0 Å². The van der Waals surface area contributed by atoms with Crippen molar-refractivity contribution < 1.29 is 53.8 Å². The van der Waals surface area contributed by atoms with Crippen LogP contribution in [-0.4, -0.2) is 87.9 Å². The van der Waals surface area contributed by atoms with Crippen molar-refractivity contribution in [2.24, 2.45) is 29.6 Å². The summed E-state index contributed by atoms with van der Waals surface area (Å²) in [4.78, 5) is 36.8. The number of carboxylic acids is 1. The van der Waals surface area contributed by atoms with Gasteiger partial charge >= 0.3 is 17.9 Å². The number of esters is 2. The fraction of sp³-hybridized carbons (Fsp3) is 0.658. The Morgan fingerprint density at radius 3 is 2.39 bits per heavy atom. The molecule has 0 spiro atoms. The van der Waals surface area contributed by atoms with E-state index in [1.807, 2.05) is 53.7 Å². The van der Waals surface area contributed by atoms with Crippen molar-refractivity contribution in [3.8, 4) is 0 Å². The van der Waals surface area contributed by atoms with Gasteiger partial charge in [0, 0.05) is 54.9 Å². The predicted octanol–water partition coefficient (Wildman–Crippen LogP) is 5.05. The molecule has 1 saturated heterocycles. The molecule has 0 aromatic carbocycles. The molecule has 1 fully saturated rings. The monoisotopic (exact) mass is 690 g/mol. The van der Waals surface area contributed by atoms with Gasteiger partial charge in [-0.15, -0.1) is 0 Å². The Morgan fingerprint density at radius 1 is 1.14 bits per heavy atom. The van der Waals surface area contributed by atoms with E-state index in [9.17, 15) is 29.7 Å². The third kappa shape index (κ3) is 11.7. The number of carboxylic acid groups (broad SMARTS) is 1. The molecule has 0 radical (unpaired) electrons. The largest absolute Gasteiger partial charge is 0.478 e. The Bertz CT molecular complexity index is 1300. The van der Waals surface area contributed by atoms with Gasteiger partial charge in [0.2, 0.25) is 0 Å². The molecular weight excluding hydrogens is 632 g/mol. The number of hydrogen-bond acceptors (Lipinski definition) is 10. The first kappa shape index (κ1) is 42.1. The molecule has 2 aliphatic heterocycles. The molecule has 0 aromatic heterocycles. The number of methoxy groups -OCH3 is 1. The van der Waals surface area contributed by atoms with Gasteiger partial charge in [-0.25, -0.2) is 14.4 Å². The summed E-state index contributed by atoms with van der Waals surface area (Å²) in [7, 11) is 1.48. The molecule has 12 unspecified atom stereocenters. The van der Waals surface area contributed by atoms with E-state index < -0.39 is 72.2 Å². The summed E-state index contributed by atoms with van der Waals surface area (Å²) < 4.78 is 23.6. The van der Waals surface area contributed by atoms with Gasteiger partial charge in [0.15, 0.2) is 5.79 Å². The van der Waals surface area contributed by atoms with Gasteiger partial charge in [0.25, 0.3) is 0 Å². The lowest BCUT2D eigenvalue weighted by molar-refractivity contribution is -0.323. The topological polar surface area (TPSA) is 169 Å². The number of carbonyl (C=O) groups is 3. The molecule has 0 bridgehead atoms. The fourth-order valence-corrected chi connectivity index (χ4v) is 6.79. The van der Waals surface area contributed by atoms with Crippen LogP contribution >= 0.6 is 0 Å². The van der Waals surface area contributed by atoms with E-state index in [1.54, 1.807) is 39.0 Å². The van der Waals surface area contributed by atoms with Gasteiger partial charge in [-0.2, -0.15) is 0 Å². The second kappa shape index (κ2) is 18.8. The standard InChI is InChI=1S/C38H58O11/c1-11-29-26(7)31(47-33(41)16-15-32(39)40)20-38(45,49-29)28(9)35(43)27(8)36-30(46-10)14-12-13-21(2)17-23(4)34(42)24(5)18-22(3)19-25(6)37(44)48-36/h12-16,18-19,23-24,26-31,34-36,42-43,45H,11,17,20H2,1-10H3,(H,39,40)/b14-12-,16-15+,21-13-,22-18-,25-19-. The first-order valence-electron chi connectivity index (χ1n) is 17.2. The Hall–Kier alpha value is -3.09. The van der Waals surface area contributed by atoms with Gasteiger partial charge in [-0.1, -0.05) is 77.0 Å². The number of carbonyl (C=O) groups excluding carboxylic acids is 2. The maximum atomic E-state index is 13.5. The Labute approximate surface area is 291 Å². The van der Waals surface area contributed by atoms with E-state index in [0.29, 0.717) is 24.5 Å². The number of allylic oxidation sites excluding steroid dienone is 5. The number of cyclic esters (lactones) is 1. The minimum atomic E-state index is -1.95. The molecule has 0 aromatic rings. The molecule has 2 heterocycles. The van der Waals surface area contributed by atoms with Gasteiger partial charge in [0.05, 0.1) is 18.3 Å². The summed E-state index contributed by atoms with van der Waals surface area (Å²) in [6.45, 7) is 16.4. The zero-order valence-corrected chi connectivity index (χ0v) is 30.7. The predicted molar refractivity (Wildman–Crippen MR) is 185 cm³/mol. The van der Waals surface area contributed by atoms with Gasteiger partial charge in [-0.05, 0) is 45.6 Å². The number of ether oxygens (including phenoxy) is 4. The molecule has 11 nitrogen and oxygen atoms in total. The van der Waals surface area contributed by atoms with E-state index in [1.165, 1.54) is 7.11 Å². The Morgan fingerprint density at radius 2 is 1.80 bits per heavy atom. The first-order chi connectivity index (χ1) is 22.8. The molecule has 11 heteroatoms. The molecule has 4 N–H and O–H groups in total. The van der Waals surface area contributed by atoms with Crippen LogP contribution in [0.1, 0.15) is 81.6 Å². The second-order valence-corrected chi connectivity index (χ2v) is 14.0. The van der Waals surface area contributed by atoms with Crippen LogP contribution in [0, 0.1) is 29.6 Å². The van der Waals surface area contributed by atoms with Crippen molar-refractivity contribution in [2.45, 2.75) is 124 Å². The highest BCUT2D eigenvalue weighted by Gasteiger charge is 2.52. The minimum absolute atomic E-state index is 0.0123. The minimum Gasteiger partial charge on any atom is -0.478 e. The maximum Gasteiger partial charge on any atom is 0.334 e. The molecule has 12 atom stereocenters. The lowest BCUT2D eigenvalue weighted by Gasteiger charge is -2.49. The van der Waals surface area contributed by atoms with E-state index in [2.05, 4.69) is 0 Å². The van der Waals surface area contributed by atoms with E-state index in [-0.39, 0.29) is 24.2 Å². The number of aliphatic carboxylic acids is 1. The molecule has 276 valence electrons. The summed E-state index contributed by atoms with van der Waals surface area (Å²) in [5, 5.41) is 43.5. The average Bonchev–Trinajstić information content (AvgIpc) is 3.04. The van der Waals surface area contributed by atoms with Crippen molar-refractivity contribution >= 4 is 17.9 Å². The number of hydrogen-bond donors (Lipinski definition) is 4. The van der Waals surface area contributed by atoms with Crippen LogP contribution in [0.5, 0.6) is 0 Å². The highest BCUT2D eigenvalue weighted by atomic mass is 16.6. The molecule has 49 heavy (non-hydrogen) atoms. The third-order valence-corrected chi connectivity index (χ3v) is 9.91. The Balaban J connectivity index is 2.48. The highest BCUT2D eigenvalue weighted by Crippen LogP contribution is 2.41. The summed E-state index contributed by atoms with van der Waals surface area (Å²) in [6.07, 6.45) is 6.52.